The number of ether oxygens (including phenoxy) is 3. The number of esters is 1. The number of halogens is 1. The molecule has 6 heteroatoms. The zero-order chi connectivity index (χ0) is 15.9. The first kappa shape index (κ1) is 17.0. The summed E-state index contributed by atoms with van der Waals surface area (Å²) < 4.78 is 16.9. The first-order valence-electron chi connectivity index (χ1n) is 6.72. The average molecular weight is 385 g/mol. The summed E-state index contributed by atoms with van der Waals surface area (Å²) in [5.74, 6) is 0.393. The number of benzene rings is 1. The molecule has 22 heavy (non-hydrogen) atoms. The number of hydrogen-bond acceptors (Lipinski definition) is 5. The van der Waals surface area contributed by atoms with Crippen LogP contribution in [0.4, 0.5) is 0 Å². The van der Waals surface area contributed by atoms with Crippen LogP contribution >= 0.6 is 27.3 Å². The van der Waals surface area contributed by atoms with Crippen LogP contribution in [-0.2, 0) is 27.5 Å². The zero-order valence-corrected chi connectivity index (χ0v) is 14.8. The lowest BCUT2D eigenvalue weighted by Crippen LogP contribution is -2.23. The molecule has 2 rings (SSSR count). The van der Waals surface area contributed by atoms with Crippen molar-refractivity contribution in [1.82, 2.24) is 0 Å². The highest BCUT2D eigenvalue weighted by Gasteiger charge is 2.15. The quantitative estimate of drug-likeness (QED) is 0.672. The molecule has 0 saturated heterocycles. The normalized spacial score (nSPS) is 12.0. The van der Waals surface area contributed by atoms with Crippen LogP contribution in [0.5, 0.6) is 5.75 Å². The van der Waals surface area contributed by atoms with Crippen molar-refractivity contribution in [2.24, 2.45) is 0 Å². The number of carbonyl (C=O) groups excluding carboxylic acids is 1. The van der Waals surface area contributed by atoms with Gasteiger partial charge in [-0.3, -0.25) is 0 Å². The molecule has 1 heterocycles. The minimum absolute atomic E-state index is 0.258. The van der Waals surface area contributed by atoms with Crippen molar-refractivity contribution >= 4 is 33.2 Å². The van der Waals surface area contributed by atoms with E-state index in [0.29, 0.717) is 6.61 Å². The molecular formula is C16H17BrO4S. The van der Waals surface area contributed by atoms with Gasteiger partial charge in [0.15, 0.2) is 6.10 Å². The van der Waals surface area contributed by atoms with Crippen LogP contribution in [-0.4, -0.2) is 19.2 Å². The van der Waals surface area contributed by atoms with E-state index in [0.717, 1.165) is 20.7 Å². The highest BCUT2D eigenvalue weighted by atomic mass is 79.9. The van der Waals surface area contributed by atoms with Gasteiger partial charge in [-0.15, -0.1) is 11.3 Å². The Balaban J connectivity index is 1.78. The lowest BCUT2D eigenvalue weighted by atomic mass is 10.2. The molecule has 1 unspecified atom stereocenters. The molecule has 0 aliphatic heterocycles. The molecule has 118 valence electrons. The minimum atomic E-state index is -0.617. The number of thiophene rings is 1. The number of methoxy groups -OCH3 is 1. The van der Waals surface area contributed by atoms with E-state index in [4.69, 9.17) is 14.2 Å². The van der Waals surface area contributed by atoms with Crippen molar-refractivity contribution in [2.45, 2.75) is 26.2 Å². The molecule has 0 fully saturated rings. The van der Waals surface area contributed by atoms with Gasteiger partial charge < -0.3 is 14.2 Å². The predicted molar refractivity (Wildman–Crippen MR) is 89.1 cm³/mol. The minimum Gasteiger partial charge on any atom is -0.497 e. The Hall–Kier alpha value is -1.37. The standard InChI is InChI=1S/C16H17BrO4S/c1-11(16(18)21-9-13-7-15(17)22-10-13)20-8-12-4-3-5-14(6-12)19-2/h3-7,10-11H,8-9H2,1-2H3. The predicted octanol–water partition coefficient (Wildman–Crippen LogP) is 4.17. The SMILES string of the molecule is COc1cccc(COC(C)C(=O)OCc2csc(Br)c2)c1. The van der Waals surface area contributed by atoms with Crippen molar-refractivity contribution in [1.29, 1.82) is 0 Å². The summed E-state index contributed by atoms with van der Waals surface area (Å²) in [5, 5.41) is 1.94. The molecule has 0 spiro atoms. The summed E-state index contributed by atoms with van der Waals surface area (Å²) in [6.45, 7) is 2.28. The fourth-order valence-corrected chi connectivity index (χ4v) is 2.94. The fraction of sp³-hybridized carbons (Fsp3) is 0.312. The maximum absolute atomic E-state index is 11.9. The van der Waals surface area contributed by atoms with Gasteiger partial charge in [0.1, 0.15) is 12.4 Å². The summed E-state index contributed by atoms with van der Waals surface area (Å²) >= 11 is 4.93. The molecular weight excluding hydrogens is 368 g/mol. The molecule has 0 amide bonds. The van der Waals surface area contributed by atoms with E-state index in [1.54, 1.807) is 25.4 Å². The fourth-order valence-electron chi connectivity index (χ4n) is 1.74. The van der Waals surface area contributed by atoms with Crippen LogP contribution in [0.15, 0.2) is 39.5 Å². The van der Waals surface area contributed by atoms with Crippen molar-refractivity contribution in [2.75, 3.05) is 7.11 Å². The first-order valence-corrected chi connectivity index (χ1v) is 8.40. The van der Waals surface area contributed by atoms with Gasteiger partial charge in [-0.1, -0.05) is 12.1 Å². The van der Waals surface area contributed by atoms with Crippen molar-refractivity contribution in [3.8, 4) is 5.75 Å². The average Bonchev–Trinajstić information content (AvgIpc) is 2.96. The van der Waals surface area contributed by atoms with Gasteiger partial charge in [0.05, 0.1) is 17.5 Å². The van der Waals surface area contributed by atoms with Crippen molar-refractivity contribution < 1.29 is 19.0 Å². The second-order valence-electron chi connectivity index (χ2n) is 4.67. The third-order valence-corrected chi connectivity index (χ3v) is 4.52. The Bertz CT molecular complexity index is 626. The maximum Gasteiger partial charge on any atom is 0.335 e. The van der Waals surface area contributed by atoms with Crippen molar-refractivity contribution in [3.63, 3.8) is 0 Å². The summed E-state index contributed by atoms with van der Waals surface area (Å²) in [6.07, 6.45) is -0.617. The lowest BCUT2D eigenvalue weighted by molar-refractivity contribution is -0.158. The summed E-state index contributed by atoms with van der Waals surface area (Å²) in [5.41, 5.74) is 1.91. The molecule has 0 saturated carbocycles. The Morgan fingerprint density at radius 2 is 2.09 bits per heavy atom. The molecule has 0 aliphatic rings. The molecule has 0 aliphatic carbocycles. The summed E-state index contributed by atoms with van der Waals surface area (Å²) in [7, 11) is 1.61. The monoisotopic (exact) mass is 384 g/mol. The Morgan fingerprint density at radius 1 is 1.27 bits per heavy atom. The molecule has 4 nitrogen and oxygen atoms in total. The molecule has 0 radical (unpaired) electrons. The van der Waals surface area contributed by atoms with E-state index in [1.807, 2.05) is 35.7 Å². The van der Waals surface area contributed by atoms with Crippen LogP contribution in [0.25, 0.3) is 0 Å². The Labute approximate surface area is 142 Å². The van der Waals surface area contributed by atoms with Gasteiger partial charge in [-0.25, -0.2) is 4.79 Å². The highest BCUT2D eigenvalue weighted by molar-refractivity contribution is 9.11. The topological polar surface area (TPSA) is 44.8 Å². The smallest absolute Gasteiger partial charge is 0.335 e. The van der Waals surface area contributed by atoms with E-state index in [2.05, 4.69) is 15.9 Å². The Morgan fingerprint density at radius 3 is 2.77 bits per heavy atom. The highest BCUT2D eigenvalue weighted by Crippen LogP contribution is 2.21. The van der Waals surface area contributed by atoms with Gasteiger partial charge in [0.2, 0.25) is 0 Å². The summed E-state index contributed by atoms with van der Waals surface area (Å²) in [6, 6.07) is 9.47. The molecule has 1 aromatic heterocycles. The van der Waals surface area contributed by atoms with Crippen LogP contribution in [0, 0.1) is 0 Å². The third-order valence-electron chi connectivity index (χ3n) is 2.97. The van der Waals surface area contributed by atoms with Crippen molar-refractivity contribution in [3.05, 3.63) is 50.6 Å². The number of rotatable bonds is 7. The van der Waals surface area contributed by atoms with Crippen LogP contribution in [0.1, 0.15) is 18.1 Å². The van der Waals surface area contributed by atoms with Crippen LogP contribution < -0.4 is 4.74 Å². The van der Waals surface area contributed by atoms with E-state index >= 15 is 0 Å². The van der Waals surface area contributed by atoms with E-state index < -0.39 is 6.10 Å². The molecule has 2 aromatic rings. The van der Waals surface area contributed by atoms with Gasteiger partial charge in [0, 0.05) is 5.56 Å². The summed E-state index contributed by atoms with van der Waals surface area (Å²) in [4.78, 5) is 11.9. The Kier molecular flexibility index (Phi) is 6.42. The van der Waals surface area contributed by atoms with Crippen LogP contribution in [0.3, 0.4) is 0 Å². The molecule has 1 atom stereocenters. The van der Waals surface area contributed by atoms with Crippen LogP contribution in [0.2, 0.25) is 0 Å². The maximum atomic E-state index is 11.9. The molecule has 0 bridgehead atoms. The zero-order valence-electron chi connectivity index (χ0n) is 12.4. The number of carbonyl (C=O) groups is 1. The van der Waals surface area contributed by atoms with E-state index in [9.17, 15) is 4.79 Å². The molecule has 1 aromatic carbocycles. The van der Waals surface area contributed by atoms with Gasteiger partial charge in [-0.05, 0) is 52.0 Å². The van der Waals surface area contributed by atoms with E-state index in [-0.39, 0.29) is 12.6 Å². The van der Waals surface area contributed by atoms with Gasteiger partial charge in [0.25, 0.3) is 0 Å². The van der Waals surface area contributed by atoms with Gasteiger partial charge >= 0.3 is 5.97 Å². The second-order valence-corrected chi connectivity index (χ2v) is 6.96. The lowest BCUT2D eigenvalue weighted by Gasteiger charge is -2.13. The third kappa shape index (κ3) is 5.12. The largest absolute Gasteiger partial charge is 0.497 e. The molecule has 0 N–H and O–H groups in total. The first-order chi connectivity index (χ1) is 10.6. The second kappa shape index (κ2) is 8.31. The number of hydrogen-bond donors (Lipinski definition) is 0. The van der Waals surface area contributed by atoms with Gasteiger partial charge in [-0.2, -0.15) is 0 Å². The van der Waals surface area contributed by atoms with E-state index in [1.165, 1.54) is 0 Å².